The lowest BCUT2D eigenvalue weighted by Gasteiger charge is -2.26. The normalized spacial score (nSPS) is 15.4. The van der Waals surface area contributed by atoms with E-state index >= 15 is 0 Å². The average molecular weight is 349 g/mol. The molecule has 0 atom stereocenters. The summed E-state index contributed by atoms with van der Waals surface area (Å²) in [5.41, 5.74) is 3.56. The van der Waals surface area contributed by atoms with Crippen LogP contribution in [-0.4, -0.2) is 43.6 Å². The van der Waals surface area contributed by atoms with Crippen molar-refractivity contribution in [2.75, 3.05) is 19.6 Å². The van der Waals surface area contributed by atoms with Gasteiger partial charge in [0.25, 0.3) is 0 Å². The maximum Gasteiger partial charge on any atom is 0.0954 e. The number of likely N-dealkylation sites (tertiary alicyclic amines) is 1. The molecule has 0 saturated carbocycles. The molecule has 5 heteroatoms. The third-order valence-electron chi connectivity index (χ3n) is 5.20. The Morgan fingerprint density at radius 2 is 1.46 bits per heavy atom. The third kappa shape index (κ3) is 4.05. The van der Waals surface area contributed by atoms with Crippen LogP contribution in [-0.2, 0) is 13.1 Å². The molecule has 2 aromatic heterocycles. The van der Waals surface area contributed by atoms with Crippen LogP contribution in [0.4, 0.5) is 0 Å². The second kappa shape index (κ2) is 8.32. The first-order valence-corrected chi connectivity index (χ1v) is 9.67. The Kier molecular flexibility index (Phi) is 5.45. The van der Waals surface area contributed by atoms with E-state index in [-0.39, 0.29) is 0 Å². The maximum absolute atomic E-state index is 4.40. The van der Waals surface area contributed by atoms with Crippen molar-refractivity contribution in [3.8, 4) is 11.4 Å². The van der Waals surface area contributed by atoms with Gasteiger partial charge in [-0.05, 0) is 44.5 Å². The second-order valence-corrected chi connectivity index (χ2v) is 7.12. The van der Waals surface area contributed by atoms with E-state index in [0.717, 1.165) is 30.9 Å². The first kappa shape index (κ1) is 17.0. The van der Waals surface area contributed by atoms with E-state index in [2.05, 4.69) is 54.3 Å². The molecular formula is C21H27N5. The highest BCUT2D eigenvalue weighted by molar-refractivity contribution is 5.53. The number of piperidine rings is 1. The van der Waals surface area contributed by atoms with E-state index in [1.165, 1.54) is 44.5 Å². The monoisotopic (exact) mass is 349 g/mol. The molecular weight excluding hydrogens is 322 g/mol. The molecule has 1 saturated heterocycles. The van der Waals surface area contributed by atoms with Crippen molar-refractivity contribution >= 4 is 0 Å². The van der Waals surface area contributed by atoms with Gasteiger partial charge in [-0.1, -0.05) is 36.8 Å². The first-order chi connectivity index (χ1) is 12.9. The predicted molar refractivity (Wildman–Crippen MR) is 104 cm³/mol. The highest BCUT2D eigenvalue weighted by Crippen LogP contribution is 2.20. The molecule has 0 bridgehead atoms. The average Bonchev–Trinajstić information content (AvgIpc) is 3.32. The number of nitrogens with zero attached hydrogens (tertiary/aromatic N) is 5. The number of hydrogen-bond donors (Lipinski definition) is 0. The van der Waals surface area contributed by atoms with Crippen molar-refractivity contribution in [3.63, 3.8) is 0 Å². The van der Waals surface area contributed by atoms with Crippen LogP contribution in [0.25, 0.3) is 11.4 Å². The van der Waals surface area contributed by atoms with Gasteiger partial charge in [0, 0.05) is 13.1 Å². The van der Waals surface area contributed by atoms with Crippen LogP contribution >= 0.6 is 0 Å². The number of aromatic nitrogens is 4. The molecule has 1 fully saturated rings. The number of benzene rings is 1. The Morgan fingerprint density at radius 1 is 0.769 bits per heavy atom. The van der Waals surface area contributed by atoms with Gasteiger partial charge in [-0.2, -0.15) is 0 Å². The number of aryl methyl sites for hydroxylation is 1. The Bertz CT molecular complexity index is 799. The third-order valence-corrected chi connectivity index (χ3v) is 5.20. The summed E-state index contributed by atoms with van der Waals surface area (Å²) in [7, 11) is 0. The molecule has 0 unspecified atom stereocenters. The molecule has 1 aliphatic heterocycles. The first-order valence-electron chi connectivity index (χ1n) is 9.67. The van der Waals surface area contributed by atoms with Crippen molar-refractivity contribution < 1.29 is 0 Å². The molecule has 4 rings (SSSR count). The van der Waals surface area contributed by atoms with Gasteiger partial charge in [0.15, 0.2) is 0 Å². The van der Waals surface area contributed by atoms with Gasteiger partial charge in [0.2, 0.25) is 0 Å². The molecule has 0 aliphatic carbocycles. The van der Waals surface area contributed by atoms with Gasteiger partial charge < -0.3 is 14.0 Å². The fraction of sp³-hybridized carbons (Fsp3) is 0.429. The summed E-state index contributed by atoms with van der Waals surface area (Å²) in [5, 5.41) is 0. The zero-order valence-electron chi connectivity index (χ0n) is 15.3. The van der Waals surface area contributed by atoms with Gasteiger partial charge in [-0.3, -0.25) is 0 Å². The molecule has 0 N–H and O–H groups in total. The summed E-state index contributed by atoms with van der Waals surface area (Å²) >= 11 is 0. The Hall–Kier alpha value is -2.40. The number of rotatable bonds is 7. The van der Waals surface area contributed by atoms with Crippen LogP contribution in [0.1, 0.15) is 31.2 Å². The van der Waals surface area contributed by atoms with Crippen molar-refractivity contribution in [2.45, 2.75) is 38.8 Å². The Morgan fingerprint density at radius 3 is 2.23 bits per heavy atom. The SMILES string of the molecule is c1ccc(Cn2cncc2-c2cncn2CCCN2CCCCC2)cc1. The van der Waals surface area contributed by atoms with E-state index in [0.29, 0.717) is 0 Å². The van der Waals surface area contributed by atoms with Gasteiger partial charge in [0.05, 0.1) is 36.4 Å². The standard InChI is InChI=1S/C21H27N5/c1-3-8-19(9-4-1)16-26-18-23-15-21(26)20-14-22-17-25(20)13-7-12-24-10-5-2-6-11-24/h1,3-4,8-9,14-15,17-18H,2,5-7,10-13,16H2. The van der Waals surface area contributed by atoms with Crippen LogP contribution in [0.3, 0.4) is 0 Å². The van der Waals surface area contributed by atoms with Gasteiger partial charge in [-0.15, -0.1) is 0 Å². The van der Waals surface area contributed by atoms with E-state index in [1.807, 2.05) is 25.0 Å². The van der Waals surface area contributed by atoms with Crippen molar-refractivity contribution in [3.05, 3.63) is 60.9 Å². The number of imidazole rings is 2. The summed E-state index contributed by atoms with van der Waals surface area (Å²) in [6, 6.07) is 10.5. The minimum absolute atomic E-state index is 0.829. The van der Waals surface area contributed by atoms with Gasteiger partial charge in [0.1, 0.15) is 0 Å². The van der Waals surface area contributed by atoms with Crippen LogP contribution in [0, 0.1) is 0 Å². The Balaban J connectivity index is 1.43. The molecule has 1 aliphatic rings. The predicted octanol–water partition coefficient (Wildman–Crippen LogP) is 3.67. The minimum atomic E-state index is 0.829. The van der Waals surface area contributed by atoms with Crippen LogP contribution in [0.5, 0.6) is 0 Å². The molecule has 3 aromatic rings. The van der Waals surface area contributed by atoms with E-state index < -0.39 is 0 Å². The highest BCUT2D eigenvalue weighted by Gasteiger charge is 2.12. The zero-order valence-corrected chi connectivity index (χ0v) is 15.3. The zero-order chi connectivity index (χ0) is 17.6. The lowest BCUT2D eigenvalue weighted by atomic mass is 10.1. The van der Waals surface area contributed by atoms with E-state index in [4.69, 9.17) is 0 Å². The molecule has 136 valence electrons. The molecule has 5 nitrogen and oxygen atoms in total. The van der Waals surface area contributed by atoms with Crippen molar-refractivity contribution in [2.24, 2.45) is 0 Å². The van der Waals surface area contributed by atoms with Crippen LogP contribution in [0.2, 0.25) is 0 Å². The summed E-state index contributed by atoms with van der Waals surface area (Å²) < 4.78 is 4.47. The largest absolute Gasteiger partial charge is 0.329 e. The second-order valence-electron chi connectivity index (χ2n) is 7.12. The van der Waals surface area contributed by atoms with E-state index in [1.54, 1.807) is 0 Å². The maximum atomic E-state index is 4.40. The molecule has 0 radical (unpaired) electrons. The lowest BCUT2D eigenvalue weighted by Crippen LogP contribution is -2.31. The molecule has 0 spiro atoms. The lowest BCUT2D eigenvalue weighted by molar-refractivity contribution is 0.223. The summed E-state index contributed by atoms with van der Waals surface area (Å²) in [6.45, 7) is 5.54. The smallest absolute Gasteiger partial charge is 0.0954 e. The van der Waals surface area contributed by atoms with Crippen molar-refractivity contribution in [1.29, 1.82) is 0 Å². The van der Waals surface area contributed by atoms with Crippen LogP contribution < -0.4 is 0 Å². The van der Waals surface area contributed by atoms with Crippen molar-refractivity contribution in [1.82, 2.24) is 24.0 Å². The topological polar surface area (TPSA) is 38.9 Å². The van der Waals surface area contributed by atoms with Gasteiger partial charge >= 0.3 is 0 Å². The number of hydrogen-bond acceptors (Lipinski definition) is 3. The highest BCUT2D eigenvalue weighted by atomic mass is 15.1. The summed E-state index contributed by atoms with van der Waals surface area (Å²) in [4.78, 5) is 11.4. The quantitative estimate of drug-likeness (QED) is 0.653. The molecule has 0 amide bonds. The van der Waals surface area contributed by atoms with Gasteiger partial charge in [-0.25, -0.2) is 9.97 Å². The molecule has 3 heterocycles. The Labute approximate surface area is 155 Å². The molecule has 1 aromatic carbocycles. The minimum Gasteiger partial charge on any atom is -0.329 e. The fourth-order valence-corrected chi connectivity index (χ4v) is 3.80. The van der Waals surface area contributed by atoms with E-state index in [9.17, 15) is 0 Å². The summed E-state index contributed by atoms with van der Waals surface area (Å²) in [6.07, 6.45) is 13.0. The molecule has 26 heavy (non-hydrogen) atoms. The fourth-order valence-electron chi connectivity index (χ4n) is 3.80. The summed E-state index contributed by atoms with van der Waals surface area (Å²) in [5.74, 6) is 0. The van der Waals surface area contributed by atoms with Crippen LogP contribution in [0.15, 0.2) is 55.4 Å².